The van der Waals surface area contributed by atoms with E-state index in [1.807, 2.05) is 38.4 Å². The van der Waals surface area contributed by atoms with Crippen molar-refractivity contribution in [2.75, 3.05) is 34.4 Å². The second-order valence-electron chi connectivity index (χ2n) is 9.35. The lowest BCUT2D eigenvalue weighted by Gasteiger charge is -2.26. The van der Waals surface area contributed by atoms with Gasteiger partial charge in [-0.2, -0.15) is 0 Å². The van der Waals surface area contributed by atoms with Crippen molar-refractivity contribution in [2.24, 2.45) is 0 Å². The van der Waals surface area contributed by atoms with Gasteiger partial charge in [0.2, 0.25) is 15.7 Å². The Labute approximate surface area is 208 Å². The summed E-state index contributed by atoms with van der Waals surface area (Å²) in [5.41, 5.74) is 2.18. The van der Waals surface area contributed by atoms with Gasteiger partial charge >= 0.3 is 0 Å². The number of carbonyl (C=O) groups is 1. The summed E-state index contributed by atoms with van der Waals surface area (Å²) >= 11 is 0. The van der Waals surface area contributed by atoms with E-state index in [1.54, 1.807) is 33.1 Å². The lowest BCUT2D eigenvalue weighted by molar-refractivity contribution is -0.126. The van der Waals surface area contributed by atoms with Crippen molar-refractivity contribution in [3.05, 3.63) is 58.7 Å². The molecule has 2 atom stereocenters. The van der Waals surface area contributed by atoms with Crippen LogP contribution in [0.1, 0.15) is 35.1 Å². The van der Waals surface area contributed by atoms with Crippen LogP contribution >= 0.6 is 0 Å². The van der Waals surface area contributed by atoms with E-state index in [4.69, 9.17) is 9.47 Å². The number of carbonyl (C=O) groups excluding carboxylic acids is 1. The molecule has 8 nitrogen and oxygen atoms in total. The van der Waals surface area contributed by atoms with Crippen LogP contribution in [0.4, 0.5) is 0 Å². The molecule has 9 heteroatoms. The van der Waals surface area contributed by atoms with Crippen molar-refractivity contribution < 1.29 is 22.7 Å². The van der Waals surface area contributed by atoms with Gasteiger partial charge in [0.15, 0.2) is 5.44 Å². The summed E-state index contributed by atoms with van der Waals surface area (Å²) in [7, 11) is 1.70. The number of hydrogen-bond donors (Lipinski definition) is 2. The molecule has 0 saturated carbocycles. The normalized spacial score (nSPS) is 16.9. The molecule has 3 rings (SSSR count). The maximum atomic E-state index is 13.7. The molecule has 2 aromatic rings. The Morgan fingerprint density at radius 1 is 1.14 bits per heavy atom. The van der Waals surface area contributed by atoms with E-state index in [2.05, 4.69) is 15.5 Å². The van der Waals surface area contributed by atoms with E-state index in [9.17, 15) is 13.2 Å². The van der Waals surface area contributed by atoms with Gasteiger partial charge in [-0.3, -0.25) is 4.79 Å². The van der Waals surface area contributed by atoms with Crippen molar-refractivity contribution in [3.8, 4) is 5.75 Å². The van der Waals surface area contributed by atoms with Gasteiger partial charge in [0.25, 0.3) is 0 Å². The molecule has 2 N–H and O–H groups in total. The maximum Gasteiger partial charge on any atom is 0.246 e. The number of hydrogen-bond acceptors (Lipinski definition) is 7. The van der Waals surface area contributed by atoms with Gasteiger partial charge in [-0.25, -0.2) is 8.42 Å². The highest BCUT2D eigenvalue weighted by Gasteiger charge is 2.39. The average Bonchev–Trinajstić information content (AvgIpc) is 3.31. The molecule has 0 aliphatic carbocycles. The number of ether oxygens (including phenoxy) is 2. The standard InChI is InChI=1S/C26H37N3O5S/c1-18-13-22(33-5)14-19(2)25(18)35(31,32)26(23-7-6-12-27-23)34-17-24(30)28-15-20-8-10-21(11-9-20)16-29(3)4/h8-11,13-14,23,26-27H,6-7,12,15-17H2,1-5H3,(H,28,30). The molecule has 2 unspecified atom stereocenters. The molecule has 1 aliphatic rings. The maximum absolute atomic E-state index is 13.7. The van der Waals surface area contributed by atoms with E-state index in [0.717, 1.165) is 25.1 Å². The number of nitrogens with one attached hydrogen (secondary N) is 2. The summed E-state index contributed by atoms with van der Waals surface area (Å²) in [5.74, 6) is 0.244. The van der Waals surface area contributed by atoms with Crippen molar-refractivity contribution in [1.29, 1.82) is 0 Å². The fourth-order valence-electron chi connectivity index (χ4n) is 4.50. The smallest absolute Gasteiger partial charge is 0.246 e. The van der Waals surface area contributed by atoms with Gasteiger partial charge in [-0.1, -0.05) is 24.3 Å². The third-order valence-corrected chi connectivity index (χ3v) is 8.37. The molecule has 1 saturated heterocycles. The number of sulfone groups is 1. The monoisotopic (exact) mass is 503 g/mol. The predicted molar refractivity (Wildman–Crippen MR) is 136 cm³/mol. The first-order valence-corrected chi connectivity index (χ1v) is 13.4. The first-order chi connectivity index (χ1) is 16.6. The summed E-state index contributed by atoms with van der Waals surface area (Å²) in [6.07, 6.45) is 1.52. The average molecular weight is 504 g/mol. The van der Waals surface area contributed by atoms with Gasteiger partial charge in [0.1, 0.15) is 12.4 Å². The number of aryl methyl sites for hydroxylation is 2. The van der Waals surface area contributed by atoms with Crippen LogP contribution in [-0.2, 0) is 32.5 Å². The molecule has 0 bridgehead atoms. The molecule has 192 valence electrons. The highest BCUT2D eigenvalue weighted by atomic mass is 32.2. The van der Waals surface area contributed by atoms with Crippen molar-refractivity contribution in [2.45, 2.75) is 56.2 Å². The Morgan fingerprint density at radius 3 is 2.31 bits per heavy atom. The molecule has 1 aliphatic heterocycles. The molecule has 0 spiro atoms. The molecule has 1 fully saturated rings. The molecule has 2 aromatic carbocycles. The second kappa shape index (κ2) is 12.0. The van der Waals surface area contributed by atoms with Crippen molar-refractivity contribution in [1.82, 2.24) is 15.5 Å². The zero-order valence-electron chi connectivity index (χ0n) is 21.3. The van der Waals surface area contributed by atoms with Gasteiger partial charge in [-0.05, 0) is 81.7 Å². The van der Waals surface area contributed by atoms with E-state index in [1.165, 1.54) is 5.56 Å². The Balaban J connectivity index is 1.68. The zero-order valence-corrected chi connectivity index (χ0v) is 22.1. The lowest BCUT2D eigenvalue weighted by atomic mass is 10.1. The fourth-order valence-corrected chi connectivity index (χ4v) is 6.66. The van der Waals surface area contributed by atoms with Crippen LogP contribution in [0.5, 0.6) is 5.75 Å². The van der Waals surface area contributed by atoms with Crippen molar-refractivity contribution in [3.63, 3.8) is 0 Å². The minimum Gasteiger partial charge on any atom is -0.497 e. The Hall–Kier alpha value is -2.46. The summed E-state index contributed by atoms with van der Waals surface area (Å²) in [5, 5.41) is 6.06. The van der Waals surface area contributed by atoms with E-state index in [0.29, 0.717) is 29.8 Å². The Kier molecular flexibility index (Phi) is 9.29. The zero-order chi connectivity index (χ0) is 25.6. The van der Waals surface area contributed by atoms with Crippen LogP contribution in [-0.4, -0.2) is 65.1 Å². The highest BCUT2D eigenvalue weighted by molar-refractivity contribution is 7.92. The van der Waals surface area contributed by atoms with Gasteiger partial charge < -0.3 is 25.0 Å². The van der Waals surface area contributed by atoms with Crippen LogP contribution < -0.4 is 15.4 Å². The summed E-state index contributed by atoms with van der Waals surface area (Å²) in [6.45, 7) is 5.07. The first-order valence-electron chi connectivity index (χ1n) is 11.8. The van der Waals surface area contributed by atoms with E-state index in [-0.39, 0.29) is 23.5 Å². The van der Waals surface area contributed by atoms with Crippen LogP contribution in [0, 0.1) is 13.8 Å². The van der Waals surface area contributed by atoms with Crippen LogP contribution in [0.2, 0.25) is 0 Å². The molecular formula is C26H37N3O5S. The fraction of sp³-hybridized carbons (Fsp3) is 0.500. The van der Waals surface area contributed by atoms with Crippen molar-refractivity contribution >= 4 is 15.7 Å². The number of methoxy groups -OCH3 is 1. The van der Waals surface area contributed by atoms with Crippen LogP contribution in [0.25, 0.3) is 0 Å². The molecule has 1 amide bonds. The minimum atomic E-state index is -3.87. The number of rotatable bonds is 11. The predicted octanol–water partition coefficient (Wildman–Crippen LogP) is 2.56. The number of amides is 1. The third kappa shape index (κ3) is 7.04. The molecule has 1 heterocycles. The Bertz CT molecular complexity index is 1090. The lowest BCUT2D eigenvalue weighted by Crippen LogP contribution is -2.44. The third-order valence-electron chi connectivity index (χ3n) is 6.08. The summed E-state index contributed by atoms with van der Waals surface area (Å²) in [4.78, 5) is 14.9. The van der Waals surface area contributed by atoms with Gasteiger partial charge in [0, 0.05) is 19.1 Å². The molecule has 0 aromatic heterocycles. The Morgan fingerprint density at radius 2 is 1.77 bits per heavy atom. The van der Waals surface area contributed by atoms with Crippen LogP contribution in [0.15, 0.2) is 41.3 Å². The largest absolute Gasteiger partial charge is 0.497 e. The summed E-state index contributed by atoms with van der Waals surface area (Å²) < 4.78 is 38.5. The van der Waals surface area contributed by atoms with Gasteiger partial charge in [-0.15, -0.1) is 0 Å². The van der Waals surface area contributed by atoms with Gasteiger partial charge in [0.05, 0.1) is 12.0 Å². The first kappa shape index (κ1) is 27.1. The number of nitrogens with zero attached hydrogens (tertiary/aromatic N) is 1. The molecule has 35 heavy (non-hydrogen) atoms. The molecular weight excluding hydrogens is 466 g/mol. The van der Waals surface area contributed by atoms with E-state index >= 15 is 0 Å². The quantitative estimate of drug-likeness (QED) is 0.486. The second-order valence-corrected chi connectivity index (χ2v) is 11.3. The van der Waals surface area contributed by atoms with E-state index < -0.39 is 15.3 Å². The topological polar surface area (TPSA) is 97.0 Å². The van der Waals surface area contributed by atoms with Crippen LogP contribution in [0.3, 0.4) is 0 Å². The minimum absolute atomic E-state index is 0.232. The number of benzene rings is 2. The molecule has 0 radical (unpaired) electrons. The highest BCUT2D eigenvalue weighted by Crippen LogP contribution is 2.31. The summed E-state index contributed by atoms with van der Waals surface area (Å²) in [6, 6.07) is 11.1. The SMILES string of the molecule is COc1cc(C)c(S(=O)(=O)C(OCC(=O)NCc2ccc(CN(C)C)cc2)C2CCCN2)c(C)c1.